The molecule has 0 fully saturated rings. The van der Waals surface area contributed by atoms with Crippen molar-refractivity contribution in [3.8, 4) is 0 Å². The number of benzene rings is 1. The molecule has 0 aliphatic carbocycles. The van der Waals surface area contributed by atoms with E-state index >= 15 is 0 Å². The normalized spacial score (nSPS) is 12.5. The summed E-state index contributed by atoms with van der Waals surface area (Å²) in [4.78, 5) is 2.45. The highest BCUT2D eigenvalue weighted by atomic mass is 79.9. The Bertz CT molecular complexity index is 379. The Balaban J connectivity index is 2.79. The van der Waals surface area contributed by atoms with E-state index in [1.54, 1.807) is 0 Å². The third-order valence-electron chi connectivity index (χ3n) is 3.58. The van der Waals surface area contributed by atoms with E-state index in [4.69, 9.17) is 0 Å². The van der Waals surface area contributed by atoms with Crippen LogP contribution in [0.1, 0.15) is 39.7 Å². The summed E-state index contributed by atoms with van der Waals surface area (Å²) in [5.74, 6) is 0.736. The second-order valence-electron chi connectivity index (χ2n) is 5.11. The van der Waals surface area contributed by atoms with Crippen LogP contribution in [0.4, 0.5) is 5.69 Å². The van der Waals surface area contributed by atoms with Gasteiger partial charge in [0.2, 0.25) is 0 Å². The summed E-state index contributed by atoms with van der Waals surface area (Å²) in [7, 11) is 0. The number of hydrogen-bond donors (Lipinski definition) is 1. The Morgan fingerprint density at radius 3 is 2.53 bits per heavy atom. The smallest absolute Gasteiger partial charge is 0.0377 e. The van der Waals surface area contributed by atoms with Crippen molar-refractivity contribution in [2.24, 2.45) is 5.92 Å². The Labute approximate surface area is 126 Å². The highest BCUT2D eigenvalue weighted by Crippen LogP contribution is 2.25. The summed E-state index contributed by atoms with van der Waals surface area (Å²) in [6, 6.07) is 6.71. The van der Waals surface area contributed by atoms with Gasteiger partial charge >= 0.3 is 0 Å². The van der Waals surface area contributed by atoms with Gasteiger partial charge in [0.1, 0.15) is 0 Å². The van der Waals surface area contributed by atoms with Crippen molar-refractivity contribution in [1.82, 2.24) is 5.32 Å². The van der Waals surface area contributed by atoms with Gasteiger partial charge in [-0.2, -0.15) is 0 Å². The molecule has 0 bridgehead atoms. The first-order valence-electron chi connectivity index (χ1n) is 7.36. The highest BCUT2D eigenvalue weighted by Gasteiger charge is 2.10. The lowest BCUT2D eigenvalue weighted by Gasteiger charge is -2.26. The van der Waals surface area contributed by atoms with E-state index in [9.17, 15) is 0 Å². The zero-order valence-corrected chi connectivity index (χ0v) is 14.3. The van der Waals surface area contributed by atoms with Gasteiger partial charge in [-0.3, -0.25) is 0 Å². The van der Waals surface area contributed by atoms with Crippen molar-refractivity contribution in [2.75, 3.05) is 24.5 Å². The van der Waals surface area contributed by atoms with Crippen LogP contribution >= 0.6 is 15.9 Å². The third kappa shape index (κ3) is 5.15. The second-order valence-corrected chi connectivity index (χ2v) is 5.96. The van der Waals surface area contributed by atoms with Crippen molar-refractivity contribution in [3.05, 3.63) is 28.2 Å². The molecule has 1 atom stereocenters. The first-order chi connectivity index (χ1) is 9.12. The monoisotopic (exact) mass is 326 g/mol. The number of halogens is 1. The van der Waals surface area contributed by atoms with E-state index in [2.05, 4.69) is 72.0 Å². The lowest BCUT2D eigenvalue weighted by Crippen LogP contribution is -2.28. The van der Waals surface area contributed by atoms with Gasteiger partial charge in [0, 0.05) is 29.8 Å². The Morgan fingerprint density at radius 2 is 2.00 bits per heavy atom. The average molecular weight is 327 g/mol. The fraction of sp³-hybridized carbons (Fsp3) is 0.625. The zero-order valence-electron chi connectivity index (χ0n) is 12.7. The van der Waals surface area contributed by atoms with Crippen LogP contribution in [0.5, 0.6) is 0 Å². The molecular weight excluding hydrogens is 300 g/mol. The van der Waals surface area contributed by atoms with Crippen LogP contribution < -0.4 is 10.2 Å². The van der Waals surface area contributed by atoms with Gasteiger partial charge in [0.25, 0.3) is 0 Å². The predicted octanol–water partition coefficient (Wildman–Crippen LogP) is 4.43. The molecule has 0 saturated carbocycles. The molecule has 1 unspecified atom stereocenters. The maximum Gasteiger partial charge on any atom is 0.0377 e. The molecular formula is C16H27BrN2. The number of nitrogens with one attached hydrogen (secondary N) is 1. The molecule has 2 nitrogen and oxygen atoms in total. The molecule has 1 aromatic carbocycles. The van der Waals surface area contributed by atoms with Crippen molar-refractivity contribution in [3.63, 3.8) is 0 Å². The molecule has 0 amide bonds. The molecule has 1 rings (SSSR count). The van der Waals surface area contributed by atoms with Gasteiger partial charge in [-0.25, -0.2) is 0 Å². The molecule has 3 heteroatoms. The molecule has 108 valence electrons. The fourth-order valence-corrected chi connectivity index (χ4v) is 2.57. The highest BCUT2D eigenvalue weighted by molar-refractivity contribution is 9.10. The number of nitrogens with zero attached hydrogens (tertiary/aromatic N) is 1. The van der Waals surface area contributed by atoms with Crippen LogP contribution in [0.15, 0.2) is 22.7 Å². The van der Waals surface area contributed by atoms with Crippen molar-refractivity contribution >= 4 is 21.6 Å². The van der Waals surface area contributed by atoms with Crippen LogP contribution in [-0.2, 0) is 6.54 Å². The van der Waals surface area contributed by atoms with Gasteiger partial charge in [-0.1, -0.05) is 49.2 Å². The molecule has 0 radical (unpaired) electrons. The molecule has 1 aromatic rings. The Morgan fingerprint density at radius 1 is 1.26 bits per heavy atom. The first-order valence-corrected chi connectivity index (χ1v) is 8.15. The Kier molecular flexibility index (Phi) is 7.47. The molecule has 19 heavy (non-hydrogen) atoms. The van der Waals surface area contributed by atoms with Gasteiger partial charge in [-0.05, 0) is 37.1 Å². The van der Waals surface area contributed by atoms with E-state index in [-0.39, 0.29) is 0 Å². The maximum absolute atomic E-state index is 3.69. The second kappa shape index (κ2) is 8.60. The van der Waals surface area contributed by atoms with Gasteiger partial charge in [0.05, 0.1) is 0 Å². The molecule has 0 spiro atoms. The van der Waals surface area contributed by atoms with Crippen LogP contribution in [0, 0.1) is 5.92 Å². The van der Waals surface area contributed by atoms with Crippen molar-refractivity contribution in [2.45, 2.75) is 40.7 Å². The van der Waals surface area contributed by atoms with Crippen molar-refractivity contribution < 1.29 is 0 Å². The van der Waals surface area contributed by atoms with E-state index in [1.807, 2.05) is 0 Å². The van der Waals surface area contributed by atoms with Crippen LogP contribution in [-0.4, -0.2) is 19.6 Å². The molecule has 0 saturated heterocycles. The number of rotatable bonds is 8. The first kappa shape index (κ1) is 16.5. The minimum Gasteiger partial charge on any atom is -0.372 e. The van der Waals surface area contributed by atoms with Crippen molar-refractivity contribution in [1.29, 1.82) is 0 Å². The SMILES string of the molecule is CCNCc1ccc(N(CC)CC(C)CC)cc1Br. The molecule has 0 aliphatic rings. The van der Waals surface area contributed by atoms with E-state index in [0.717, 1.165) is 32.1 Å². The molecule has 0 aliphatic heterocycles. The van der Waals surface area contributed by atoms with Crippen LogP contribution in [0.3, 0.4) is 0 Å². The number of anilines is 1. The van der Waals surface area contributed by atoms with E-state index in [0.29, 0.717) is 0 Å². The molecule has 0 heterocycles. The third-order valence-corrected chi connectivity index (χ3v) is 4.32. The standard InChI is InChI=1S/C16H27BrN2/c1-5-13(4)12-19(7-3)15-9-8-14(11-18-6-2)16(17)10-15/h8-10,13,18H,5-7,11-12H2,1-4H3. The van der Waals surface area contributed by atoms with E-state index in [1.165, 1.54) is 22.1 Å². The van der Waals surface area contributed by atoms with Gasteiger partial charge < -0.3 is 10.2 Å². The minimum absolute atomic E-state index is 0.736. The summed E-state index contributed by atoms with van der Waals surface area (Å²) in [6.45, 7) is 13.1. The predicted molar refractivity (Wildman–Crippen MR) is 88.9 cm³/mol. The lowest BCUT2D eigenvalue weighted by molar-refractivity contribution is 0.548. The van der Waals surface area contributed by atoms with Gasteiger partial charge in [-0.15, -0.1) is 0 Å². The molecule has 0 aromatic heterocycles. The van der Waals surface area contributed by atoms with Crippen LogP contribution in [0.2, 0.25) is 0 Å². The summed E-state index contributed by atoms with van der Waals surface area (Å²) in [5, 5.41) is 3.37. The lowest BCUT2D eigenvalue weighted by atomic mass is 10.1. The van der Waals surface area contributed by atoms with E-state index < -0.39 is 0 Å². The minimum atomic E-state index is 0.736. The largest absolute Gasteiger partial charge is 0.372 e. The summed E-state index contributed by atoms with van der Waals surface area (Å²) in [5.41, 5.74) is 2.64. The topological polar surface area (TPSA) is 15.3 Å². The quantitative estimate of drug-likeness (QED) is 0.760. The summed E-state index contributed by atoms with van der Waals surface area (Å²) in [6.07, 6.45) is 1.23. The fourth-order valence-electron chi connectivity index (χ4n) is 2.06. The van der Waals surface area contributed by atoms with Crippen LogP contribution in [0.25, 0.3) is 0 Å². The van der Waals surface area contributed by atoms with Gasteiger partial charge in [0.15, 0.2) is 0 Å². The maximum atomic E-state index is 3.69. The summed E-state index contributed by atoms with van der Waals surface area (Å²) < 4.78 is 1.20. The average Bonchev–Trinajstić information content (AvgIpc) is 2.43. The summed E-state index contributed by atoms with van der Waals surface area (Å²) >= 11 is 3.69. The Hall–Kier alpha value is -0.540. The molecule has 1 N–H and O–H groups in total. The number of hydrogen-bond acceptors (Lipinski definition) is 2. The zero-order chi connectivity index (χ0) is 14.3.